The molecule has 0 spiro atoms. The molecule has 0 aliphatic carbocycles. The normalized spacial score (nSPS) is 22.8. The molecule has 32 heavy (non-hydrogen) atoms. The third-order valence-corrected chi connectivity index (χ3v) is 6.17. The van der Waals surface area contributed by atoms with Gasteiger partial charge in [0.15, 0.2) is 12.3 Å². The van der Waals surface area contributed by atoms with Gasteiger partial charge >= 0.3 is 5.97 Å². The van der Waals surface area contributed by atoms with Crippen LogP contribution in [0.15, 0.2) is 12.3 Å². The number of aromatic nitrogens is 2. The molecule has 9 heteroatoms. The summed E-state index contributed by atoms with van der Waals surface area (Å²) in [6.07, 6.45) is 11.2. The Morgan fingerprint density at radius 1 is 1.16 bits per heavy atom. The van der Waals surface area contributed by atoms with Crippen LogP contribution >= 0.6 is 12.2 Å². The van der Waals surface area contributed by atoms with Gasteiger partial charge in [0, 0.05) is 12.6 Å². The van der Waals surface area contributed by atoms with E-state index in [1.165, 1.54) is 62.0 Å². The first-order valence-corrected chi connectivity index (χ1v) is 12.4. The van der Waals surface area contributed by atoms with Gasteiger partial charge in [-0.2, -0.15) is 0 Å². The van der Waals surface area contributed by atoms with E-state index in [1.54, 1.807) is 6.20 Å². The fourth-order valence-electron chi connectivity index (χ4n) is 4.01. The van der Waals surface area contributed by atoms with E-state index < -0.39 is 30.5 Å². The van der Waals surface area contributed by atoms with E-state index >= 15 is 0 Å². The standard InChI is InChI=1S/C23H39N3O5S/c1-2-3-4-5-6-7-8-9-10-11-12-13-19(28)31-21-17(16-27)30-22(20(21)29)26-15-14-18(24)25-23(26)32/h14-15,17,20-22,27,29H,2-13,16H2,1H3,(H2,24,25,32)/t17-,20+,21-,22-/m1/s1. The number of rotatable bonds is 15. The van der Waals surface area contributed by atoms with Crippen LogP contribution in [0.3, 0.4) is 0 Å². The fourth-order valence-corrected chi connectivity index (χ4v) is 4.28. The lowest BCUT2D eigenvalue weighted by Gasteiger charge is -2.20. The van der Waals surface area contributed by atoms with Gasteiger partial charge in [0.2, 0.25) is 4.77 Å². The molecule has 2 rings (SSSR count). The van der Waals surface area contributed by atoms with Crippen molar-refractivity contribution in [3.05, 3.63) is 17.0 Å². The number of nitrogens with zero attached hydrogens (tertiary/aromatic N) is 2. The fraction of sp³-hybridized carbons (Fsp3) is 0.783. The zero-order valence-electron chi connectivity index (χ0n) is 19.2. The van der Waals surface area contributed by atoms with E-state index in [4.69, 9.17) is 27.4 Å². The molecule has 8 nitrogen and oxygen atoms in total. The minimum atomic E-state index is -1.18. The summed E-state index contributed by atoms with van der Waals surface area (Å²) in [6, 6.07) is 1.53. The van der Waals surface area contributed by atoms with Crippen LogP contribution in [0, 0.1) is 4.77 Å². The van der Waals surface area contributed by atoms with E-state index in [0.29, 0.717) is 0 Å². The van der Waals surface area contributed by atoms with Crippen molar-refractivity contribution in [1.29, 1.82) is 0 Å². The Bertz CT molecular complexity index is 745. The maximum absolute atomic E-state index is 12.3. The predicted octanol–water partition coefficient (Wildman–Crippen LogP) is 4.06. The second kappa shape index (κ2) is 14.6. The van der Waals surface area contributed by atoms with E-state index in [2.05, 4.69) is 11.9 Å². The number of nitrogens with two attached hydrogens (primary N) is 1. The second-order valence-corrected chi connectivity index (χ2v) is 8.89. The summed E-state index contributed by atoms with van der Waals surface area (Å²) in [6.45, 7) is 1.84. The van der Waals surface area contributed by atoms with Crippen LogP contribution < -0.4 is 5.73 Å². The highest BCUT2D eigenvalue weighted by molar-refractivity contribution is 7.71. The zero-order valence-corrected chi connectivity index (χ0v) is 20.0. The van der Waals surface area contributed by atoms with Crippen LogP contribution in [0.1, 0.15) is 90.2 Å². The van der Waals surface area contributed by atoms with E-state index in [9.17, 15) is 15.0 Å². The highest BCUT2D eigenvalue weighted by Crippen LogP contribution is 2.32. The van der Waals surface area contributed by atoms with Gasteiger partial charge in [0.05, 0.1) is 6.61 Å². The maximum Gasteiger partial charge on any atom is 0.306 e. The minimum Gasteiger partial charge on any atom is -0.457 e. The summed E-state index contributed by atoms with van der Waals surface area (Å²) >= 11 is 5.17. The third kappa shape index (κ3) is 8.42. The van der Waals surface area contributed by atoms with Crippen molar-refractivity contribution >= 4 is 24.0 Å². The molecule has 4 atom stereocenters. The summed E-state index contributed by atoms with van der Waals surface area (Å²) in [5.41, 5.74) is 5.62. The first kappa shape index (κ1) is 26.7. The van der Waals surface area contributed by atoms with Crippen molar-refractivity contribution in [3.8, 4) is 0 Å². The highest BCUT2D eigenvalue weighted by atomic mass is 32.1. The first-order valence-electron chi connectivity index (χ1n) is 12.0. The second-order valence-electron chi connectivity index (χ2n) is 8.52. The van der Waals surface area contributed by atoms with Crippen LogP contribution in [0.2, 0.25) is 0 Å². The minimum absolute atomic E-state index is 0.138. The molecule has 1 saturated heterocycles. The number of hydrogen-bond acceptors (Lipinski definition) is 8. The van der Waals surface area contributed by atoms with Crippen molar-refractivity contribution in [1.82, 2.24) is 9.55 Å². The lowest BCUT2D eigenvalue weighted by Crippen LogP contribution is -2.38. The molecule has 0 radical (unpaired) electrons. The molecule has 1 aromatic heterocycles. The van der Waals surface area contributed by atoms with E-state index in [1.807, 2.05) is 0 Å². The monoisotopic (exact) mass is 469 g/mol. The molecule has 0 aromatic carbocycles. The van der Waals surface area contributed by atoms with Crippen molar-refractivity contribution in [2.45, 2.75) is 109 Å². The van der Waals surface area contributed by atoms with Crippen molar-refractivity contribution in [3.63, 3.8) is 0 Å². The largest absolute Gasteiger partial charge is 0.457 e. The zero-order chi connectivity index (χ0) is 23.3. The molecule has 182 valence electrons. The maximum atomic E-state index is 12.3. The average Bonchev–Trinajstić information content (AvgIpc) is 3.07. The molecular weight excluding hydrogens is 430 g/mol. The molecular formula is C23H39N3O5S. The number of anilines is 1. The van der Waals surface area contributed by atoms with Gasteiger partial charge in [0.1, 0.15) is 18.0 Å². The quantitative estimate of drug-likeness (QED) is 0.200. The van der Waals surface area contributed by atoms with Gasteiger partial charge in [0.25, 0.3) is 0 Å². The average molecular weight is 470 g/mol. The van der Waals surface area contributed by atoms with Crippen LogP contribution in [0.4, 0.5) is 5.82 Å². The molecule has 4 N–H and O–H groups in total. The summed E-state index contributed by atoms with van der Waals surface area (Å²) in [5.74, 6) is -0.140. The van der Waals surface area contributed by atoms with Gasteiger partial charge in [-0.25, -0.2) is 4.98 Å². The molecule has 0 bridgehead atoms. The van der Waals surface area contributed by atoms with Gasteiger partial charge in [-0.3, -0.25) is 9.36 Å². The molecule has 1 aliphatic rings. The SMILES string of the molecule is CCCCCCCCCCCCCC(=O)O[C@H]1[C@H](O)[C@H](n2ccc(N)nc2=S)O[C@@H]1CO. The van der Waals surface area contributed by atoms with Gasteiger partial charge in [-0.1, -0.05) is 71.1 Å². The number of carbonyl (C=O) groups excluding carboxylic acids is 1. The lowest BCUT2D eigenvalue weighted by molar-refractivity contribution is -0.156. The molecule has 1 aliphatic heterocycles. The Hall–Kier alpha value is -1.55. The molecule has 0 unspecified atom stereocenters. The first-order chi connectivity index (χ1) is 15.5. The van der Waals surface area contributed by atoms with Gasteiger partial charge < -0.3 is 25.4 Å². The summed E-state index contributed by atoms with van der Waals surface area (Å²) in [5, 5.41) is 20.3. The van der Waals surface area contributed by atoms with Crippen LogP contribution in [-0.2, 0) is 14.3 Å². The summed E-state index contributed by atoms with van der Waals surface area (Å²) in [4.78, 5) is 16.3. The summed E-state index contributed by atoms with van der Waals surface area (Å²) < 4.78 is 12.7. The van der Waals surface area contributed by atoms with Crippen LogP contribution in [0.25, 0.3) is 0 Å². The number of nitrogen functional groups attached to an aromatic ring is 1. The Kier molecular flexibility index (Phi) is 12.2. The van der Waals surface area contributed by atoms with Crippen molar-refractivity contribution in [2.24, 2.45) is 0 Å². The van der Waals surface area contributed by atoms with E-state index in [0.717, 1.165) is 19.3 Å². The molecule has 0 amide bonds. The Morgan fingerprint density at radius 2 is 1.75 bits per heavy atom. The van der Waals surface area contributed by atoms with Crippen molar-refractivity contribution in [2.75, 3.05) is 12.3 Å². The van der Waals surface area contributed by atoms with E-state index in [-0.39, 0.29) is 23.6 Å². The Balaban J connectivity index is 1.68. The number of aliphatic hydroxyl groups is 2. The molecule has 1 aromatic rings. The third-order valence-electron chi connectivity index (χ3n) is 5.87. The van der Waals surface area contributed by atoms with Gasteiger partial charge in [-0.15, -0.1) is 0 Å². The summed E-state index contributed by atoms with van der Waals surface area (Å²) in [7, 11) is 0. The number of unbranched alkanes of at least 4 members (excludes halogenated alkanes) is 10. The molecule has 0 saturated carbocycles. The topological polar surface area (TPSA) is 120 Å². The predicted molar refractivity (Wildman–Crippen MR) is 125 cm³/mol. The van der Waals surface area contributed by atoms with Gasteiger partial charge in [-0.05, 0) is 24.7 Å². The number of hydrogen-bond donors (Lipinski definition) is 3. The Morgan fingerprint density at radius 3 is 2.31 bits per heavy atom. The van der Waals surface area contributed by atoms with Crippen LogP contribution in [-0.4, -0.2) is 50.7 Å². The number of esters is 1. The number of ether oxygens (including phenoxy) is 2. The number of aliphatic hydroxyl groups excluding tert-OH is 2. The molecule has 2 heterocycles. The van der Waals surface area contributed by atoms with Crippen LogP contribution in [0.5, 0.6) is 0 Å². The number of carbonyl (C=O) groups is 1. The Labute approximate surface area is 196 Å². The molecule has 1 fully saturated rings. The van der Waals surface area contributed by atoms with Crippen molar-refractivity contribution < 1.29 is 24.5 Å². The highest BCUT2D eigenvalue weighted by Gasteiger charge is 2.46. The smallest absolute Gasteiger partial charge is 0.306 e. The lowest BCUT2D eigenvalue weighted by atomic mass is 10.1.